The standard InChI is InChI=1S/C15H20N2O5S/c1-11-9-16(15(20)12-6-4-3-5-7-12)10-13(8-14(18)19)17(11)23(2,21)22/h3-7,11,13H,8-10H2,1-2H3,(H,18,19)/t11-,13-/m0/s1. The van der Waals surface area contributed by atoms with Gasteiger partial charge in [-0.05, 0) is 19.1 Å². The van der Waals surface area contributed by atoms with Crippen LogP contribution in [-0.4, -0.2) is 66.0 Å². The lowest BCUT2D eigenvalue weighted by Gasteiger charge is -2.43. The minimum atomic E-state index is -3.55. The van der Waals surface area contributed by atoms with Crippen molar-refractivity contribution < 1.29 is 23.1 Å². The molecule has 7 nitrogen and oxygen atoms in total. The molecule has 126 valence electrons. The van der Waals surface area contributed by atoms with Crippen LogP contribution in [0.2, 0.25) is 0 Å². The highest BCUT2D eigenvalue weighted by atomic mass is 32.2. The molecule has 2 rings (SSSR count). The molecule has 2 atom stereocenters. The number of hydrogen-bond acceptors (Lipinski definition) is 4. The van der Waals surface area contributed by atoms with Crippen molar-refractivity contribution in [3.8, 4) is 0 Å². The number of carbonyl (C=O) groups is 2. The van der Waals surface area contributed by atoms with Gasteiger partial charge in [0.1, 0.15) is 0 Å². The number of piperazine rings is 1. The highest BCUT2D eigenvalue weighted by Crippen LogP contribution is 2.23. The SMILES string of the molecule is C[C@H]1CN(C(=O)c2ccccc2)C[C@H](CC(=O)O)N1S(C)(=O)=O. The first kappa shape index (κ1) is 17.4. The van der Waals surface area contributed by atoms with Crippen LogP contribution in [0, 0.1) is 0 Å². The molecule has 1 fully saturated rings. The van der Waals surface area contributed by atoms with Crippen molar-refractivity contribution in [2.24, 2.45) is 0 Å². The van der Waals surface area contributed by atoms with Crippen LogP contribution in [0.3, 0.4) is 0 Å². The van der Waals surface area contributed by atoms with E-state index in [2.05, 4.69) is 0 Å². The van der Waals surface area contributed by atoms with Gasteiger partial charge >= 0.3 is 5.97 Å². The maximum Gasteiger partial charge on any atom is 0.305 e. The number of carboxylic acid groups (broad SMARTS) is 1. The van der Waals surface area contributed by atoms with E-state index in [0.29, 0.717) is 5.56 Å². The van der Waals surface area contributed by atoms with Crippen molar-refractivity contribution >= 4 is 21.9 Å². The van der Waals surface area contributed by atoms with Gasteiger partial charge in [-0.1, -0.05) is 18.2 Å². The Morgan fingerprint density at radius 3 is 2.35 bits per heavy atom. The average molecular weight is 340 g/mol. The maximum absolute atomic E-state index is 12.5. The number of benzene rings is 1. The molecule has 1 aromatic carbocycles. The van der Waals surface area contributed by atoms with E-state index in [1.165, 1.54) is 9.21 Å². The highest BCUT2D eigenvalue weighted by Gasteiger charge is 2.40. The van der Waals surface area contributed by atoms with Gasteiger partial charge in [0.25, 0.3) is 5.91 Å². The molecule has 0 radical (unpaired) electrons. The van der Waals surface area contributed by atoms with Gasteiger partial charge in [-0.2, -0.15) is 4.31 Å². The first-order chi connectivity index (χ1) is 10.7. The zero-order valence-electron chi connectivity index (χ0n) is 13.0. The first-order valence-electron chi connectivity index (χ1n) is 7.24. The molecule has 1 aliphatic rings. The van der Waals surface area contributed by atoms with Crippen LogP contribution < -0.4 is 0 Å². The molecular formula is C15H20N2O5S. The second-order valence-corrected chi connectivity index (χ2v) is 7.66. The number of carbonyl (C=O) groups excluding carboxylic acids is 1. The fourth-order valence-electron chi connectivity index (χ4n) is 3.05. The molecule has 8 heteroatoms. The molecule has 1 N–H and O–H groups in total. The van der Waals surface area contributed by atoms with Gasteiger partial charge in [0.2, 0.25) is 10.0 Å². The minimum absolute atomic E-state index is 0.0669. The number of sulfonamides is 1. The Hall–Kier alpha value is -1.93. The average Bonchev–Trinajstić information content (AvgIpc) is 2.44. The predicted molar refractivity (Wildman–Crippen MR) is 84.5 cm³/mol. The lowest BCUT2D eigenvalue weighted by atomic mass is 10.1. The zero-order chi connectivity index (χ0) is 17.2. The van der Waals surface area contributed by atoms with Crippen LogP contribution in [0.15, 0.2) is 30.3 Å². The molecule has 0 unspecified atom stereocenters. The second-order valence-electron chi connectivity index (χ2n) is 5.77. The summed E-state index contributed by atoms with van der Waals surface area (Å²) in [5, 5.41) is 9.05. The zero-order valence-corrected chi connectivity index (χ0v) is 13.9. The summed E-state index contributed by atoms with van der Waals surface area (Å²) in [5.74, 6) is -1.31. The third-order valence-corrected chi connectivity index (χ3v) is 5.24. The summed E-state index contributed by atoms with van der Waals surface area (Å²) in [4.78, 5) is 25.1. The molecule has 0 spiro atoms. The molecular weight excluding hydrogens is 320 g/mol. The molecule has 1 heterocycles. The number of rotatable bonds is 4. The van der Waals surface area contributed by atoms with Gasteiger partial charge in [-0.3, -0.25) is 9.59 Å². The Kier molecular flexibility index (Phi) is 5.06. The molecule has 1 aliphatic heterocycles. The van der Waals surface area contributed by atoms with E-state index >= 15 is 0 Å². The largest absolute Gasteiger partial charge is 0.481 e. The van der Waals surface area contributed by atoms with Crippen LogP contribution in [0.4, 0.5) is 0 Å². The lowest BCUT2D eigenvalue weighted by molar-refractivity contribution is -0.138. The molecule has 0 saturated carbocycles. The first-order valence-corrected chi connectivity index (χ1v) is 9.09. The topological polar surface area (TPSA) is 95.0 Å². The molecule has 1 aromatic rings. The van der Waals surface area contributed by atoms with Crippen molar-refractivity contribution in [3.63, 3.8) is 0 Å². The summed E-state index contributed by atoms with van der Waals surface area (Å²) in [6.07, 6.45) is 0.725. The minimum Gasteiger partial charge on any atom is -0.481 e. The molecule has 1 saturated heterocycles. The molecule has 0 aliphatic carbocycles. The normalized spacial score (nSPS) is 22.8. The van der Waals surface area contributed by atoms with Gasteiger partial charge in [-0.25, -0.2) is 8.42 Å². The van der Waals surface area contributed by atoms with Crippen molar-refractivity contribution in [2.75, 3.05) is 19.3 Å². The predicted octanol–water partition coefficient (Wildman–Crippen LogP) is 0.636. The number of aliphatic carboxylic acids is 1. The maximum atomic E-state index is 12.5. The van der Waals surface area contributed by atoms with Gasteiger partial charge < -0.3 is 10.0 Å². The third-order valence-electron chi connectivity index (χ3n) is 3.81. The Labute approximate surface area is 135 Å². The molecule has 0 aromatic heterocycles. The van der Waals surface area contributed by atoms with Crippen LogP contribution in [-0.2, 0) is 14.8 Å². The van der Waals surface area contributed by atoms with Crippen molar-refractivity contribution in [1.82, 2.24) is 9.21 Å². The summed E-state index contributed by atoms with van der Waals surface area (Å²) in [6.45, 7) is 1.98. The van der Waals surface area contributed by atoms with E-state index in [-0.39, 0.29) is 25.4 Å². The summed E-state index contributed by atoms with van der Waals surface area (Å²) in [7, 11) is -3.55. The number of carboxylic acids is 1. The number of hydrogen-bond donors (Lipinski definition) is 1. The Bertz CT molecular complexity index is 689. The van der Waals surface area contributed by atoms with Crippen molar-refractivity contribution in [2.45, 2.75) is 25.4 Å². The number of amides is 1. The molecule has 0 bridgehead atoms. The summed E-state index contributed by atoms with van der Waals surface area (Å²) < 4.78 is 25.1. The molecule has 23 heavy (non-hydrogen) atoms. The Balaban J connectivity index is 2.27. The van der Waals surface area contributed by atoms with Gasteiger partial charge in [0, 0.05) is 24.7 Å². The van der Waals surface area contributed by atoms with Gasteiger partial charge in [-0.15, -0.1) is 0 Å². The monoisotopic (exact) mass is 340 g/mol. The lowest BCUT2D eigenvalue weighted by Crippen LogP contribution is -2.60. The highest BCUT2D eigenvalue weighted by molar-refractivity contribution is 7.88. The summed E-state index contributed by atoms with van der Waals surface area (Å²) >= 11 is 0. The summed E-state index contributed by atoms with van der Waals surface area (Å²) in [5.41, 5.74) is 0.501. The van der Waals surface area contributed by atoms with Crippen molar-refractivity contribution in [1.29, 1.82) is 0 Å². The van der Waals surface area contributed by atoms with Crippen molar-refractivity contribution in [3.05, 3.63) is 35.9 Å². The third kappa shape index (κ3) is 4.08. The fourth-order valence-corrected chi connectivity index (χ4v) is 4.45. The quantitative estimate of drug-likeness (QED) is 0.868. The van der Waals surface area contributed by atoms with E-state index in [4.69, 9.17) is 5.11 Å². The van der Waals surface area contributed by atoms with Crippen LogP contribution in [0.25, 0.3) is 0 Å². The van der Waals surface area contributed by atoms with E-state index in [0.717, 1.165) is 6.26 Å². The van der Waals surface area contributed by atoms with Gasteiger partial charge in [0.05, 0.1) is 18.7 Å². The van der Waals surface area contributed by atoms with Crippen LogP contribution in [0.1, 0.15) is 23.7 Å². The molecule has 1 amide bonds. The summed E-state index contributed by atoms with van der Waals surface area (Å²) in [6, 6.07) is 7.42. The Morgan fingerprint density at radius 1 is 1.22 bits per heavy atom. The van der Waals surface area contributed by atoms with E-state index in [1.54, 1.807) is 37.3 Å². The van der Waals surface area contributed by atoms with Crippen LogP contribution in [0.5, 0.6) is 0 Å². The van der Waals surface area contributed by atoms with E-state index < -0.39 is 28.1 Å². The smallest absolute Gasteiger partial charge is 0.305 e. The fraction of sp³-hybridized carbons (Fsp3) is 0.467. The second kappa shape index (κ2) is 6.67. The van der Waals surface area contributed by atoms with E-state index in [1.807, 2.05) is 0 Å². The Morgan fingerprint density at radius 2 is 1.83 bits per heavy atom. The number of nitrogens with zero attached hydrogens (tertiary/aromatic N) is 2. The van der Waals surface area contributed by atoms with Crippen LogP contribution >= 0.6 is 0 Å². The van der Waals surface area contributed by atoms with Gasteiger partial charge in [0.15, 0.2) is 0 Å². The van der Waals surface area contributed by atoms with E-state index in [9.17, 15) is 18.0 Å².